The smallest absolute Gasteiger partial charge is 0.251 e. The fourth-order valence-corrected chi connectivity index (χ4v) is 5.53. The van der Waals surface area contributed by atoms with Gasteiger partial charge in [-0.1, -0.05) is 43.9 Å². The molecular formula is C25H36N2O3. The molecule has 3 fully saturated rings. The average molecular weight is 413 g/mol. The summed E-state index contributed by atoms with van der Waals surface area (Å²) in [4.78, 5) is 27.0. The third-order valence-corrected chi connectivity index (χ3v) is 7.45. The van der Waals surface area contributed by atoms with E-state index in [1.165, 1.54) is 25.7 Å². The van der Waals surface area contributed by atoms with Crippen molar-refractivity contribution in [3.8, 4) is 0 Å². The van der Waals surface area contributed by atoms with Crippen LogP contribution < -0.4 is 5.32 Å². The van der Waals surface area contributed by atoms with Gasteiger partial charge in [-0.25, -0.2) is 0 Å². The Morgan fingerprint density at radius 2 is 1.77 bits per heavy atom. The Labute approximate surface area is 180 Å². The van der Waals surface area contributed by atoms with Crippen molar-refractivity contribution in [2.75, 3.05) is 26.2 Å². The molecule has 30 heavy (non-hydrogen) atoms. The summed E-state index contributed by atoms with van der Waals surface area (Å²) in [6.07, 6.45) is 10.9. The third kappa shape index (κ3) is 5.42. The van der Waals surface area contributed by atoms with Gasteiger partial charge >= 0.3 is 0 Å². The molecule has 1 N–H and O–H groups in total. The molecule has 2 amide bonds. The molecule has 1 aliphatic carbocycles. The first kappa shape index (κ1) is 21.4. The van der Waals surface area contributed by atoms with Crippen LogP contribution in [0.3, 0.4) is 0 Å². The van der Waals surface area contributed by atoms with E-state index < -0.39 is 0 Å². The second-order valence-electron chi connectivity index (χ2n) is 9.54. The van der Waals surface area contributed by atoms with Gasteiger partial charge in [0.15, 0.2) is 0 Å². The lowest BCUT2D eigenvalue weighted by Crippen LogP contribution is -2.51. The highest BCUT2D eigenvalue weighted by Crippen LogP contribution is 2.38. The summed E-state index contributed by atoms with van der Waals surface area (Å²) in [5.74, 6) is 1.55. The highest BCUT2D eigenvalue weighted by molar-refractivity contribution is 5.94. The van der Waals surface area contributed by atoms with E-state index >= 15 is 0 Å². The number of nitrogens with one attached hydrogen (secondary N) is 1. The van der Waals surface area contributed by atoms with Crippen LogP contribution in [0.4, 0.5) is 0 Å². The summed E-state index contributed by atoms with van der Waals surface area (Å²) in [6.45, 7) is 3.07. The number of carbonyl (C=O) groups excluding carboxylic acids is 2. The largest absolute Gasteiger partial charge is 0.375 e. The number of piperidine rings is 1. The zero-order valence-corrected chi connectivity index (χ0v) is 18.1. The van der Waals surface area contributed by atoms with Gasteiger partial charge in [-0.2, -0.15) is 0 Å². The van der Waals surface area contributed by atoms with Crippen molar-refractivity contribution in [1.82, 2.24) is 10.2 Å². The first-order valence-electron chi connectivity index (χ1n) is 11.9. The fraction of sp³-hybridized carbons (Fsp3) is 0.680. The Hall–Kier alpha value is -1.88. The highest BCUT2D eigenvalue weighted by Gasteiger charge is 2.41. The second kappa shape index (κ2) is 9.95. The number of amides is 2. The third-order valence-electron chi connectivity index (χ3n) is 7.45. The van der Waals surface area contributed by atoms with Gasteiger partial charge in [-0.05, 0) is 56.1 Å². The SMILES string of the molecule is O=C(NCC1CCOC2(CCN(C(=O)CCC3CCCC3)CC2)C1)c1ccccc1. The molecule has 5 nitrogen and oxygen atoms in total. The molecule has 0 aromatic heterocycles. The van der Waals surface area contributed by atoms with E-state index in [0.717, 1.165) is 57.7 Å². The standard InChI is InChI=1S/C25H36N2O3/c28-23(11-10-20-6-4-5-7-20)27-15-13-25(14-16-27)18-21(12-17-30-25)19-26-24(29)22-8-2-1-3-9-22/h1-3,8-9,20-21H,4-7,10-19H2,(H,26,29). The molecule has 5 heteroatoms. The molecule has 1 aromatic carbocycles. The molecule has 1 saturated carbocycles. The summed E-state index contributed by atoms with van der Waals surface area (Å²) in [6, 6.07) is 9.40. The van der Waals surface area contributed by atoms with Gasteiger partial charge in [0, 0.05) is 38.2 Å². The number of carbonyl (C=O) groups is 2. The first-order chi connectivity index (χ1) is 14.6. The molecular weight excluding hydrogens is 376 g/mol. The lowest BCUT2D eigenvalue weighted by molar-refractivity contribution is -0.147. The summed E-state index contributed by atoms with van der Waals surface area (Å²) in [5.41, 5.74) is 0.603. The molecule has 1 aromatic rings. The molecule has 1 atom stereocenters. The van der Waals surface area contributed by atoms with Crippen LogP contribution in [-0.4, -0.2) is 48.6 Å². The summed E-state index contributed by atoms with van der Waals surface area (Å²) < 4.78 is 6.25. The van der Waals surface area contributed by atoms with Crippen LogP contribution in [-0.2, 0) is 9.53 Å². The van der Waals surface area contributed by atoms with E-state index in [2.05, 4.69) is 10.2 Å². The molecule has 1 unspecified atom stereocenters. The lowest BCUT2D eigenvalue weighted by atomic mass is 9.79. The predicted molar refractivity (Wildman–Crippen MR) is 117 cm³/mol. The Bertz CT molecular complexity index is 706. The van der Waals surface area contributed by atoms with Crippen molar-refractivity contribution in [1.29, 1.82) is 0 Å². The Morgan fingerprint density at radius 1 is 1.03 bits per heavy atom. The number of benzene rings is 1. The minimum Gasteiger partial charge on any atom is -0.375 e. The maximum Gasteiger partial charge on any atom is 0.251 e. The predicted octanol–water partition coefficient (Wildman–Crippen LogP) is 4.17. The van der Waals surface area contributed by atoms with Crippen LogP contribution in [0.15, 0.2) is 30.3 Å². The molecule has 2 heterocycles. The molecule has 1 spiro atoms. The van der Waals surface area contributed by atoms with Gasteiger partial charge in [-0.3, -0.25) is 9.59 Å². The van der Waals surface area contributed by atoms with Crippen molar-refractivity contribution in [2.24, 2.45) is 11.8 Å². The van der Waals surface area contributed by atoms with E-state index in [4.69, 9.17) is 4.74 Å². The van der Waals surface area contributed by atoms with Gasteiger partial charge in [0.1, 0.15) is 0 Å². The van der Waals surface area contributed by atoms with Crippen LogP contribution in [0.2, 0.25) is 0 Å². The molecule has 2 aliphatic heterocycles. The molecule has 4 rings (SSSR count). The normalized spacial score (nSPS) is 24.1. The van der Waals surface area contributed by atoms with Gasteiger partial charge < -0.3 is 15.0 Å². The van der Waals surface area contributed by atoms with Crippen LogP contribution in [0.1, 0.15) is 74.6 Å². The molecule has 2 saturated heterocycles. The van der Waals surface area contributed by atoms with Gasteiger partial charge in [0.25, 0.3) is 5.91 Å². The number of ether oxygens (including phenoxy) is 1. The summed E-state index contributed by atoms with van der Waals surface area (Å²) in [7, 11) is 0. The fourth-order valence-electron chi connectivity index (χ4n) is 5.53. The number of rotatable bonds is 6. The number of likely N-dealkylation sites (tertiary alicyclic amines) is 1. The van der Waals surface area contributed by atoms with Crippen molar-refractivity contribution >= 4 is 11.8 Å². The monoisotopic (exact) mass is 412 g/mol. The van der Waals surface area contributed by atoms with E-state index in [9.17, 15) is 9.59 Å². The van der Waals surface area contributed by atoms with E-state index in [-0.39, 0.29) is 11.5 Å². The Balaban J connectivity index is 1.21. The Morgan fingerprint density at radius 3 is 2.50 bits per heavy atom. The van der Waals surface area contributed by atoms with Crippen molar-refractivity contribution in [3.63, 3.8) is 0 Å². The second-order valence-corrected chi connectivity index (χ2v) is 9.54. The highest BCUT2D eigenvalue weighted by atomic mass is 16.5. The lowest BCUT2D eigenvalue weighted by Gasteiger charge is -2.46. The van der Waals surface area contributed by atoms with E-state index in [1.807, 2.05) is 30.3 Å². The van der Waals surface area contributed by atoms with Gasteiger partial charge in [0.05, 0.1) is 5.60 Å². The van der Waals surface area contributed by atoms with Crippen LogP contribution in [0.25, 0.3) is 0 Å². The first-order valence-corrected chi connectivity index (χ1v) is 11.9. The number of hydrogen-bond acceptors (Lipinski definition) is 3. The van der Waals surface area contributed by atoms with Gasteiger partial charge in [-0.15, -0.1) is 0 Å². The zero-order chi connectivity index (χ0) is 20.8. The molecule has 3 aliphatic rings. The summed E-state index contributed by atoms with van der Waals surface area (Å²) >= 11 is 0. The number of nitrogens with zero attached hydrogens (tertiary/aromatic N) is 1. The zero-order valence-electron chi connectivity index (χ0n) is 18.1. The quantitative estimate of drug-likeness (QED) is 0.763. The van der Waals surface area contributed by atoms with Crippen LogP contribution in [0, 0.1) is 11.8 Å². The van der Waals surface area contributed by atoms with Crippen LogP contribution in [0.5, 0.6) is 0 Å². The molecule has 164 valence electrons. The van der Waals surface area contributed by atoms with Crippen molar-refractivity contribution < 1.29 is 14.3 Å². The topological polar surface area (TPSA) is 58.6 Å². The summed E-state index contributed by atoms with van der Waals surface area (Å²) in [5, 5.41) is 3.10. The van der Waals surface area contributed by atoms with E-state index in [0.29, 0.717) is 30.4 Å². The van der Waals surface area contributed by atoms with Crippen LogP contribution >= 0.6 is 0 Å². The maximum atomic E-state index is 12.6. The number of hydrogen-bond donors (Lipinski definition) is 1. The average Bonchev–Trinajstić information content (AvgIpc) is 3.31. The molecule has 0 bridgehead atoms. The maximum absolute atomic E-state index is 12.6. The van der Waals surface area contributed by atoms with E-state index in [1.54, 1.807) is 0 Å². The molecule has 0 radical (unpaired) electrons. The Kier molecular flexibility index (Phi) is 7.08. The van der Waals surface area contributed by atoms with Crippen molar-refractivity contribution in [2.45, 2.75) is 69.8 Å². The van der Waals surface area contributed by atoms with Crippen molar-refractivity contribution in [3.05, 3.63) is 35.9 Å². The minimum absolute atomic E-state index is 0.00109. The minimum atomic E-state index is -0.109. The van der Waals surface area contributed by atoms with Gasteiger partial charge in [0.2, 0.25) is 5.91 Å².